The smallest absolute Gasteiger partial charge is 0.223 e. The molecule has 0 radical (unpaired) electrons. The molecule has 1 aromatic rings. The van der Waals surface area contributed by atoms with E-state index in [-0.39, 0.29) is 11.8 Å². The summed E-state index contributed by atoms with van der Waals surface area (Å²) < 4.78 is 0. The van der Waals surface area contributed by atoms with Gasteiger partial charge < -0.3 is 5.32 Å². The normalized spacial score (nSPS) is 12.1. The molecule has 0 aliphatic carbocycles. The van der Waals surface area contributed by atoms with Crippen LogP contribution in [0.15, 0.2) is 30.3 Å². The summed E-state index contributed by atoms with van der Waals surface area (Å²) >= 11 is 0. The lowest BCUT2D eigenvalue weighted by atomic mass is 9.95. The molecular formula is C19H31NO. The summed E-state index contributed by atoms with van der Waals surface area (Å²) in [5.74, 6) is 0.465. The first-order chi connectivity index (χ1) is 10.3. The maximum atomic E-state index is 12.3. The SMILES string of the molecule is CCCCCCC(CCC)C(=O)NCCc1ccccc1. The monoisotopic (exact) mass is 289 g/mol. The predicted molar refractivity (Wildman–Crippen MR) is 90.3 cm³/mol. The van der Waals surface area contributed by atoms with Gasteiger partial charge in [-0.1, -0.05) is 76.3 Å². The number of amides is 1. The van der Waals surface area contributed by atoms with Crippen molar-refractivity contribution in [2.75, 3.05) is 6.54 Å². The van der Waals surface area contributed by atoms with E-state index in [1.165, 1.54) is 31.2 Å². The van der Waals surface area contributed by atoms with E-state index in [2.05, 4.69) is 31.3 Å². The highest BCUT2D eigenvalue weighted by atomic mass is 16.1. The summed E-state index contributed by atoms with van der Waals surface area (Å²) in [7, 11) is 0. The molecule has 2 heteroatoms. The largest absolute Gasteiger partial charge is 0.356 e. The molecular weight excluding hydrogens is 258 g/mol. The first-order valence-corrected chi connectivity index (χ1v) is 8.59. The Morgan fingerprint density at radius 1 is 1.00 bits per heavy atom. The number of nitrogens with one attached hydrogen (secondary N) is 1. The van der Waals surface area contributed by atoms with Gasteiger partial charge in [0.05, 0.1) is 0 Å². The molecule has 1 rings (SSSR count). The molecule has 0 fully saturated rings. The molecule has 1 N–H and O–H groups in total. The molecule has 0 aromatic heterocycles. The Labute approximate surface area is 130 Å². The predicted octanol–water partition coefficient (Wildman–Crippen LogP) is 4.73. The van der Waals surface area contributed by atoms with Gasteiger partial charge in [-0.2, -0.15) is 0 Å². The molecule has 1 amide bonds. The standard InChI is InChI=1S/C19H31NO/c1-3-5-6-10-14-18(11-4-2)19(21)20-16-15-17-12-8-7-9-13-17/h7-9,12-13,18H,3-6,10-11,14-16H2,1-2H3,(H,20,21). The average Bonchev–Trinajstić information content (AvgIpc) is 2.51. The number of hydrogen-bond acceptors (Lipinski definition) is 1. The van der Waals surface area contributed by atoms with E-state index in [1.54, 1.807) is 0 Å². The van der Waals surface area contributed by atoms with Crippen LogP contribution in [0.4, 0.5) is 0 Å². The zero-order valence-electron chi connectivity index (χ0n) is 13.7. The third-order valence-corrected chi connectivity index (χ3v) is 3.97. The van der Waals surface area contributed by atoms with Gasteiger partial charge in [-0.15, -0.1) is 0 Å². The summed E-state index contributed by atoms with van der Waals surface area (Å²) in [6.07, 6.45) is 9.05. The number of carbonyl (C=O) groups is 1. The van der Waals surface area contributed by atoms with E-state index in [1.807, 2.05) is 18.2 Å². The quantitative estimate of drug-likeness (QED) is 0.586. The minimum Gasteiger partial charge on any atom is -0.356 e. The lowest BCUT2D eigenvalue weighted by Crippen LogP contribution is -2.32. The van der Waals surface area contributed by atoms with Gasteiger partial charge in [-0.25, -0.2) is 0 Å². The molecule has 0 heterocycles. The average molecular weight is 289 g/mol. The van der Waals surface area contributed by atoms with Crippen LogP contribution in [0, 0.1) is 5.92 Å². The van der Waals surface area contributed by atoms with Crippen LogP contribution in [0.5, 0.6) is 0 Å². The van der Waals surface area contributed by atoms with Crippen LogP contribution in [-0.2, 0) is 11.2 Å². The van der Waals surface area contributed by atoms with Crippen molar-refractivity contribution >= 4 is 5.91 Å². The van der Waals surface area contributed by atoms with Crippen molar-refractivity contribution in [3.63, 3.8) is 0 Å². The minimum atomic E-state index is 0.211. The maximum Gasteiger partial charge on any atom is 0.223 e. The lowest BCUT2D eigenvalue weighted by Gasteiger charge is -2.16. The van der Waals surface area contributed by atoms with Gasteiger partial charge in [0.2, 0.25) is 5.91 Å². The van der Waals surface area contributed by atoms with Crippen LogP contribution in [0.1, 0.15) is 64.4 Å². The van der Waals surface area contributed by atoms with E-state index in [0.717, 1.165) is 32.2 Å². The van der Waals surface area contributed by atoms with Crippen molar-refractivity contribution in [1.82, 2.24) is 5.32 Å². The molecule has 2 nitrogen and oxygen atoms in total. The van der Waals surface area contributed by atoms with Crippen molar-refractivity contribution in [2.24, 2.45) is 5.92 Å². The summed E-state index contributed by atoms with van der Waals surface area (Å²) in [6.45, 7) is 5.13. The summed E-state index contributed by atoms with van der Waals surface area (Å²) in [5.41, 5.74) is 1.28. The second kappa shape index (κ2) is 11.4. The highest BCUT2D eigenvalue weighted by Crippen LogP contribution is 2.16. The van der Waals surface area contributed by atoms with Gasteiger partial charge in [0, 0.05) is 12.5 Å². The third-order valence-electron chi connectivity index (χ3n) is 3.97. The van der Waals surface area contributed by atoms with Crippen molar-refractivity contribution in [2.45, 2.75) is 65.2 Å². The molecule has 1 aromatic carbocycles. The molecule has 21 heavy (non-hydrogen) atoms. The Morgan fingerprint density at radius 3 is 2.43 bits per heavy atom. The number of unbranched alkanes of at least 4 members (excludes halogenated alkanes) is 3. The molecule has 0 bridgehead atoms. The second-order valence-corrected chi connectivity index (χ2v) is 5.86. The van der Waals surface area contributed by atoms with Gasteiger partial charge >= 0.3 is 0 Å². The van der Waals surface area contributed by atoms with Crippen LogP contribution in [0.3, 0.4) is 0 Å². The fraction of sp³-hybridized carbons (Fsp3) is 0.632. The second-order valence-electron chi connectivity index (χ2n) is 5.86. The molecule has 1 unspecified atom stereocenters. The summed E-state index contributed by atoms with van der Waals surface area (Å²) in [4.78, 5) is 12.3. The van der Waals surface area contributed by atoms with Crippen LogP contribution in [0.2, 0.25) is 0 Å². The van der Waals surface area contributed by atoms with E-state index in [4.69, 9.17) is 0 Å². The molecule has 0 aliphatic heterocycles. The fourth-order valence-corrected chi connectivity index (χ4v) is 2.69. The van der Waals surface area contributed by atoms with Crippen LogP contribution < -0.4 is 5.32 Å². The van der Waals surface area contributed by atoms with E-state index in [9.17, 15) is 4.79 Å². The Bertz CT molecular complexity index is 374. The maximum absolute atomic E-state index is 12.3. The number of carbonyl (C=O) groups excluding carboxylic acids is 1. The van der Waals surface area contributed by atoms with E-state index in [0.29, 0.717) is 0 Å². The van der Waals surface area contributed by atoms with Gasteiger partial charge in [0.1, 0.15) is 0 Å². The zero-order chi connectivity index (χ0) is 15.3. The molecule has 118 valence electrons. The first-order valence-electron chi connectivity index (χ1n) is 8.59. The van der Waals surface area contributed by atoms with Crippen LogP contribution in [-0.4, -0.2) is 12.5 Å². The van der Waals surface area contributed by atoms with Crippen molar-refractivity contribution in [3.8, 4) is 0 Å². The number of hydrogen-bond donors (Lipinski definition) is 1. The van der Waals surface area contributed by atoms with Crippen LogP contribution >= 0.6 is 0 Å². The highest BCUT2D eigenvalue weighted by Gasteiger charge is 2.16. The zero-order valence-corrected chi connectivity index (χ0v) is 13.7. The Balaban J connectivity index is 2.27. The Hall–Kier alpha value is -1.31. The Morgan fingerprint density at radius 2 is 1.76 bits per heavy atom. The van der Waals surface area contributed by atoms with Gasteiger partial charge in [-0.05, 0) is 24.8 Å². The Kier molecular flexibility index (Phi) is 9.60. The topological polar surface area (TPSA) is 29.1 Å². The molecule has 0 aliphatic rings. The van der Waals surface area contributed by atoms with Gasteiger partial charge in [-0.3, -0.25) is 4.79 Å². The minimum absolute atomic E-state index is 0.211. The van der Waals surface area contributed by atoms with Gasteiger partial charge in [0.15, 0.2) is 0 Å². The highest BCUT2D eigenvalue weighted by molar-refractivity contribution is 5.78. The first kappa shape index (κ1) is 17.7. The number of rotatable bonds is 11. The summed E-state index contributed by atoms with van der Waals surface area (Å²) in [5, 5.41) is 3.12. The molecule has 0 spiro atoms. The fourth-order valence-electron chi connectivity index (χ4n) is 2.69. The van der Waals surface area contributed by atoms with Crippen LogP contribution in [0.25, 0.3) is 0 Å². The molecule has 1 atom stereocenters. The molecule has 0 saturated heterocycles. The van der Waals surface area contributed by atoms with Crippen molar-refractivity contribution in [1.29, 1.82) is 0 Å². The van der Waals surface area contributed by atoms with Gasteiger partial charge in [0.25, 0.3) is 0 Å². The summed E-state index contributed by atoms with van der Waals surface area (Å²) in [6, 6.07) is 10.3. The third kappa shape index (κ3) is 7.89. The molecule has 0 saturated carbocycles. The lowest BCUT2D eigenvalue weighted by molar-refractivity contribution is -0.125. The number of benzene rings is 1. The van der Waals surface area contributed by atoms with Crippen molar-refractivity contribution < 1.29 is 4.79 Å². The van der Waals surface area contributed by atoms with Crippen molar-refractivity contribution in [3.05, 3.63) is 35.9 Å². The van der Waals surface area contributed by atoms with E-state index >= 15 is 0 Å². The van der Waals surface area contributed by atoms with E-state index < -0.39 is 0 Å².